The zero-order valence-electron chi connectivity index (χ0n) is 26.7. The summed E-state index contributed by atoms with van der Waals surface area (Å²) in [5, 5.41) is 33.2. The quantitative estimate of drug-likeness (QED) is 0.0497. The van der Waals surface area contributed by atoms with E-state index in [0.717, 1.165) is 38.5 Å². The summed E-state index contributed by atoms with van der Waals surface area (Å²) in [6.45, 7) is 4.14. The second-order valence-corrected chi connectivity index (χ2v) is 12.1. The van der Waals surface area contributed by atoms with Crippen molar-refractivity contribution in [2.45, 2.75) is 199 Å². The van der Waals surface area contributed by atoms with E-state index >= 15 is 0 Å². The molecular weight excluding hydrogens is 498 g/mol. The Labute approximate surface area is 249 Å². The monoisotopic (exact) mass is 568 g/mol. The van der Waals surface area contributed by atoms with Crippen LogP contribution in [0, 0.1) is 0 Å². The lowest BCUT2D eigenvalue weighted by atomic mass is 10.0. The Morgan fingerprint density at radius 2 is 1.00 bits per heavy atom. The number of unbranched alkanes of at least 4 members (excludes halogenated alkanes) is 21. The van der Waals surface area contributed by atoms with Crippen molar-refractivity contribution in [2.24, 2.45) is 0 Å². The zero-order chi connectivity index (χ0) is 29.5. The lowest BCUT2D eigenvalue weighted by Crippen LogP contribution is -2.50. The number of hydrogen-bond donors (Lipinski definition) is 4. The third kappa shape index (κ3) is 26.0. The van der Waals surface area contributed by atoms with Gasteiger partial charge in [0.2, 0.25) is 5.91 Å². The van der Waals surface area contributed by atoms with Crippen LogP contribution in [-0.2, 0) is 4.79 Å². The summed E-state index contributed by atoms with van der Waals surface area (Å²) >= 11 is 0. The van der Waals surface area contributed by atoms with E-state index in [1.54, 1.807) is 0 Å². The summed E-state index contributed by atoms with van der Waals surface area (Å²) in [6.07, 6.45) is 33.0. The van der Waals surface area contributed by atoms with E-state index in [9.17, 15) is 20.1 Å². The molecule has 40 heavy (non-hydrogen) atoms. The van der Waals surface area contributed by atoms with Crippen LogP contribution in [0.15, 0.2) is 12.2 Å². The molecule has 0 heterocycles. The zero-order valence-corrected chi connectivity index (χ0v) is 26.7. The van der Waals surface area contributed by atoms with E-state index in [1.165, 1.54) is 116 Å². The number of rotatable bonds is 31. The van der Waals surface area contributed by atoms with E-state index < -0.39 is 18.2 Å². The fraction of sp³-hybridized carbons (Fsp3) is 0.914. The average Bonchev–Trinajstić information content (AvgIpc) is 2.96. The number of nitrogens with one attached hydrogen (secondary N) is 1. The largest absolute Gasteiger partial charge is 0.394 e. The Bertz CT molecular complexity index is 554. The highest BCUT2D eigenvalue weighted by atomic mass is 16.3. The van der Waals surface area contributed by atoms with Gasteiger partial charge in [0.25, 0.3) is 0 Å². The van der Waals surface area contributed by atoms with E-state index in [4.69, 9.17) is 0 Å². The van der Waals surface area contributed by atoms with Gasteiger partial charge in [0.15, 0.2) is 0 Å². The molecule has 0 aliphatic rings. The predicted molar refractivity (Wildman–Crippen MR) is 172 cm³/mol. The Kier molecular flexibility index (Phi) is 30.3. The van der Waals surface area contributed by atoms with Gasteiger partial charge in [-0.1, -0.05) is 148 Å². The molecule has 0 aliphatic carbocycles. The van der Waals surface area contributed by atoms with Crippen molar-refractivity contribution in [3.8, 4) is 0 Å². The second kappa shape index (κ2) is 31.0. The molecule has 5 nitrogen and oxygen atoms in total. The van der Waals surface area contributed by atoms with Crippen LogP contribution >= 0.6 is 0 Å². The Hall–Kier alpha value is -0.910. The molecule has 0 rings (SSSR count). The van der Waals surface area contributed by atoms with Crippen LogP contribution in [0.3, 0.4) is 0 Å². The summed E-state index contributed by atoms with van der Waals surface area (Å²) in [5.41, 5.74) is 0. The smallest absolute Gasteiger partial charge is 0.220 e. The van der Waals surface area contributed by atoms with Gasteiger partial charge in [-0.2, -0.15) is 0 Å². The number of carbonyl (C=O) groups excluding carboxylic acids is 1. The lowest BCUT2D eigenvalue weighted by molar-refractivity contribution is -0.124. The van der Waals surface area contributed by atoms with Crippen molar-refractivity contribution in [3.05, 3.63) is 12.2 Å². The van der Waals surface area contributed by atoms with E-state index in [2.05, 4.69) is 31.3 Å². The van der Waals surface area contributed by atoms with Gasteiger partial charge in [-0.15, -0.1) is 0 Å². The normalized spacial score (nSPS) is 14.0. The summed E-state index contributed by atoms with van der Waals surface area (Å²) in [5.74, 6) is -0.156. The van der Waals surface area contributed by atoms with E-state index in [-0.39, 0.29) is 12.5 Å². The summed E-state index contributed by atoms with van der Waals surface area (Å²) in [4.78, 5) is 12.3. The number of carbonyl (C=O) groups is 1. The van der Waals surface area contributed by atoms with Gasteiger partial charge >= 0.3 is 0 Å². The first-order valence-corrected chi connectivity index (χ1v) is 17.5. The number of aliphatic hydroxyl groups excluding tert-OH is 3. The lowest BCUT2D eigenvalue weighted by Gasteiger charge is -2.26. The maximum absolute atomic E-state index is 12.3. The summed E-state index contributed by atoms with van der Waals surface area (Å²) in [7, 11) is 0. The van der Waals surface area contributed by atoms with Gasteiger partial charge < -0.3 is 20.6 Å². The summed E-state index contributed by atoms with van der Waals surface area (Å²) < 4.78 is 0. The van der Waals surface area contributed by atoms with Crippen LogP contribution in [-0.4, -0.2) is 46.1 Å². The second-order valence-electron chi connectivity index (χ2n) is 12.1. The minimum Gasteiger partial charge on any atom is -0.394 e. The SMILES string of the molecule is CCCCCCCCCCCC/C=C/CCCC(O)C(O)C(CO)NC(=O)CCCCCCCCCCCCC. The number of hydrogen-bond acceptors (Lipinski definition) is 4. The van der Waals surface area contributed by atoms with Crippen molar-refractivity contribution in [3.63, 3.8) is 0 Å². The van der Waals surface area contributed by atoms with Crippen molar-refractivity contribution >= 4 is 5.91 Å². The Morgan fingerprint density at radius 3 is 1.45 bits per heavy atom. The van der Waals surface area contributed by atoms with Crippen LogP contribution in [0.25, 0.3) is 0 Å². The number of amides is 1. The molecule has 4 N–H and O–H groups in total. The van der Waals surface area contributed by atoms with Gasteiger partial charge in [0.05, 0.1) is 18.8 Å². The molecular formula is C35H69NO4. The third-order valence-corrected chi connectivity index (χ3v) is 8.12. The first kappa shape index (κ1) is 39.1. The van der Waals surface area contributed by atoms with Crippen LogP contribution in [0.2, 0.25) is 0 Å². The van der Waals surface area contributed by atoms with Crippen molar-refractivity contribution in [2.75, 3.05) is 6.61 Å². The van der Waals surface area contributed by atoms with Gasteiger partial charge in [0, 0.05) is 6.42 Å². The van der Waals surface area contributed by atoms with Crippen LogP contribution in [0.4, 0.5) is 0 Å². The molecule has 3 atom stereocenters. The standard InChI is InChI=1S/C35H69NO4/c1-3-5-7-9-11-13-15-16-17-18-20-21-23-25-27-29-33(38)35(40)32(31-37)36-34(39)30-28-26-24-22-19-14-12-10-8-6-4-2/h21,23,32-33,35,37-38,40H,3-20,22,24-31H2,1-2H3,(H,36,39)/b23-21+. The molecule has 5 heteroatoms. The molecule has 0 fully saturated rings. The van der Waals surface area contributed by atoms with E-state index in [1.807, 2.05) is 0 Å². The minimum atomic E-state index is -1.15. The highest BCUT2D eigenvalue weighted by Gasteiger charge is 2.26. The maximum atomic E-state index is 12.3. The first-order chi connectivity index (χ1) is 19.6. The molecule has 0 radical (unpaired) electrons. The highest BCUT2D eigenvalue weighted by Crippen LogP contribution is 2.14. The topological polar surface area (TPSA) is 89.8 Å². The van der Waals surface area contributed by atoms with Crippen molar-refractivity contribution < 1.29 is 20.1 Å². The van der Waals surface area contributed by atoms with Crippen molar-refractivity contribution in [1.82, 2.24) is 5.32 Å². The van der Waals surface area contributed by atoms with E-state index in [0.29, 0.717) is 12.8 Å². The van der Waals surface area contributed by atoms with Crippen molar-refractivity contribution in [1.29, 1.82) is 0 Å². The molecule has 1 amide bonds. The Balaban J connectivity index is 3.75. The molecule has 3 unspecified atom stereocenters. The fourth-order valence-corrected chi connectivity index (χ4v) is 5.34. The molecule has 0 saturated heterocycles. The molecule has 0 bridgehead atoms. The molecule has 0 aromatic heterocycles. The minimum absolute atomic E-state index is 0.156. The molecule has 0 saturated carbocycles. The Morgan fingerprint density at radius 1 is 0.600 bits per heavy atom. The molecule has 0 spiro atoms. The average molecular weight is 568 g/mol. The third-order valence-electron chi connectivity index (χ3n) is 8.12. The number of allylic oxidation sites excluding steroid dienone is 2. The predicted octanol–water partition coefficient (Wildman–Crippen LogP) is 8.92. The molecule has 0 aliphatic heterocycles. The van der Waals surface area contributed by atoms with Crippen LogP contribution in [0.1, 0.15) is 181 Å². The molecule has 238 valence electrons. The first-order valence-electron chi connectivity index (χ1n) is 17.5. The molecule has 0 aromatic carbocycles. The van der Waals surface area contributed by atoms with Gasteiger partial charge in [-0.05, 0) is 38.5 Å². The van der Waals surface area contributed by atoms with Gasteiger partial charge in [-0.3, -0.25) is 4.79 Å². The molecule has 0 aromatic rings. The summed E-state index contributed by atoms with van der Waals surface area (Å²) in [6, 6.07) is -0.818. The fourth-order valence-electron chi connectivity index (χ4n) is 5.34. The van der Waals surface area contributed by atoms with Crippen LogP contribution in [0.5, 0.6) is 0 Å². The highest BCUT2D eigenvalue weighted by molar-refractivity contribution is 5.76. The number of aliphatic hydroxyl groups is 3. The van der Waals surface area contributed by atoms with Gasteiger partial charge in [-0.25, -0.2) is 0 Å². The van der Waals surface area contributed by atoms with Crippen LogP contribution < -0.4 is 5.32 Å². The maximum Gasteiger partial charge on any atom is 0.220 e. The van der Waals surface area contributed by atoms with Gasteiger partial charge in [0.1, 0.15) is 6.10 Å².